The van der Waals surface area contributed by atoms with Gasteiger partial charge in [-0.25, -0.2) is 5.10 Å². The molecule has 1 N–H and O–H groups in total. The molecule has 30 heavy (non-hydrogen) atoms. The normalized spacial score (nSPS) is 11.0. The van der Waals surface area contributed by atoms with Crippen molar-refractivity contribution >= 4 is 11.6 Å². The Balaban J connectivity index is 1.48. The third-order valence-corrected chi connectivity index (χ3v) is 4.88. The molecule has 0 bridgehead atoms. The maximum atomic E-state index is 12.5. The predicted octanol–water partition coefficient (Wildman–Crippen LogP) is 4.30. The van der Waals surface area contributed by atoms with Crippen LogP contribution in [-0.2, 0) is 11.2 Å². The molecule has 0 fully saturated rings. The van der Waals surface area contributed by atoms with E-state index in [0.29, 0.717) is 5.82 Å². The highest BCUT2D eigenvalue weighted by Gasteiger charge is 2.11. The number of allylic oxidation sites excluding steroid dienone is 1. The van der Waals surface area contributed by atoms with Crippen LogP contribution in [0.1, 0.15) is 5.56 Å². The number of carbonyl (C=O) groups excluding carboxylic acids is 1. The number of likely N-dealkylation sites (N-methyl/N-ethyl adjacent to an activating group) is 1. The van der Waals surface area contributed by atoms with Crippen LogP contribution in [0.4, 0.5) is 5.69 Å². The molecular formula is C24H21N5O. The average molecular weight is 395 g/mol. The number of aromatic amines is 1. The van der Waals surface area contributed by atoms with Crippen LogP contribution in [-0.4, -0.2) is 33.6 Å². The first-order valence-corrected chi connectivity index (χ1v) is 9.64. The van der Waals surface area contributed by atoms with Crippen molar-refractivity contribution in [3.8, 4) is 22.5 Å². The highest BCUT2D eigenvalue weighted by atomic mass is 16.2. The minimum Gasteiger partial charge on any atom is -0.312 e. The first-order chi connectivity index (χ1) is 14.7. The Bertz CT molecular complexity index is 1140. The lowest BCUT2D eigenvalue weighted by molar-refractivity contribution is -0.113. The van der Waals surface area contributed by atoms with Crippen LogP contribution in [0.5, 0.6) is 0 Å². The van der Waals surface area contributed by atoms with Crippen molar-refractivity contribution in [1.82, 2.24) is 20.6 Å². The van der Waals surface area contributed by atoms with Crippen LogP contribution >= 0.6 is 0 Å². The highest BCUT2D eigenvalue weighted by molar-refractivity contribution is 6.01. The van der Waals surface area contributed by atoms with Gasteiger partial charge in [0, 0.05) is 18.3 Å². The second-order valence-corrected chi connectivity index (χ2v) is 6.83. The Morgan fingerprint density at radius 3 is 2.33 bits per heavy atom. The summed E-state index contributed by atoms with van der Waals surface area (Å²) in [4.78, 5) is 14.1. The van der Waals surface area contributed by atoms with E-state index in [0.717, 1.165) is 28.8 Å². The van der Waals surface area contributed by atoms with Crippen molar-refractivity contribution in [1.29, 1.82) is 0 Å². The molecule has 0 aliphatic carbocycles. The molecule has 6 nitrogen and oxygen atoms in total. The van der Waals surface area contributed by atoms with Crippen molar-refractivity contribution in [3.63, 3.8) is 0 Å². The summed E-state index contributed by atoms with van der Waals surface area (Å²) in [5.41, 5.74) is 4.95. The molecule has 0 radical (unpaired) electrons. The molecule has 0 unspecified atom stereocenters. The molecule has 148 valence electrons. The summed E-state index contributed by atoms with van der Waals surface area (Å²) in [5.74, 6) is 0.553. The minimum atomic E-state index is -0.0631. The molecule has 6 heteroatoms. The van der Waals surface area contributed by atoms with Gasteiger partial charge >= 0.3 is 0 Å². The Morgan fingerprint density at radius 2 is 1.63 bits per heavy atom. The molecular weight excluding hydrogens is 374 g/mol. The van der Waals surface area contributed by atoms with Crippen LogP contribution in [0.2, 0.25) is 0 Å². The van der Waals surface area contributed by atoms with Crippen LogP contribution in [0.3, 0.4) is 0 Å². The maximum Gasteiger partial charge on any atom is 0.250 e. The number of tetrazole rings is 1. The Hall–Kier alpha value is -4.06. The Kier molecular flexibility index (Phi) is 5.75. The van der Waals surface area contributed by atoms with Gasteiger partial charge in [-0.15, -0.1) is 5.10 Å². The number of rotatable bonds is 6. The lowest BCUT2D eigenvalue weighted by Crippen LogP contribution is -2.23. The van der Waals surface area contributed by atoms with E-state index < -0.39 is 0 Å². The van der Waals surface area contributed by atoms with Gasteiger partial charge in [0.05, 0.1) is 0 Å². The van der Waals surface area contributed by atoms with Gasteiger partial charge < -0.3 is 4.90 Å². The maximum absolute atomic E-state index is 12.5. The molecule has 0 aliphatic heterocycles. The molecule has 1 heterocycles. The quantitative estimate of drug-likeness (QED) is 0.494. The number of aromatic nitrogens is 4. The zero-order valence-electron chi connectivity index (χ0n) is 16.6. The fraction of sp³-hybridized carbons (Fsp3) is 0.0833. The smallest absolute Gasteiger partial charge is 0.250 e. The van der Waals surface area contributed by atoms with E-state index in [4.69, 9.17) is 0 Å². The number of amides is 1. The SMILES string of the molecule is CN(C(=O)C=CCc1ccccc1)c1ccc(-c2ccccc2-c2nnn[nH]2)cc1. The second-order valence-electron chi connectivity index (χ2n) is 6.83. The van der Waals surface area contributed by atoms with Crippen LogP contribution in [0, 0.1) is 0 Å². The zero-order chi connectivity index (χ0) is 20.8. The lowest BCUT2D eigenvalue weighted by Gasteiger charge is -2.16. The van der Waals surface area contributed by atoms with E-state index >= 15 is 0 Å². The minimum absolute atomic E-state index is 0.0631. The number of carbonyl (C=O) groups is 1. The molecule has 4 aromatic rings. The zero-order valence-corrected chi connectivity index (χ0v) is 16.6. The van der Waals surface area contributed by atoms with Crippen molar-refractivity contribution in [3.05, 3.63) is 96.6 Å². The van der Waals surface area contributed by atoms with Gasteiger partial charge in [0.25, 0.3) is 0 Å². The van der Waals surface area contributed by atoms with E-state index in [1.807, 2.05) is 84.9 Å². The highest BCUT2D eigenvalue weighted by Crippen LogP contribution is 2.30. The summed E-state index contributed by atoms with van der Waals surface area (Å²) >= 11 is 0. The molecule has 0 aliphatic rings. The number of benzene rings is 3. The van der Waals surface area contributed by atoms with E-state index in [1.165, 1.54) is 5.56 Å². The van der Waals surface area contributed by atoms with Gasteiger partial charge in [0.1, 0.15) is 0 Å². The van der Waals surface area contributed by atoms with Crippen LogP contribution in [0.25, 0.3) is 22.5 Å². The molecule has 0 atom stereocenters. The van der Waals surface area contributed by atoms with Gasteiger partial charge in [0.2, 0.25) is 5.91 Å². The van der Waals surface area contributed by atoms with Crippen molar-refractivity contribution in [2.24, 2.45) is 0 Å². The average Bonchev–Trinajstić information content (AvgIpc) is 3.34. The monoisotopic (exact) mass is 395 g/mol. The summed E-state index contributed by atoms with van der Waals surface area (Å²) in [7, 11) is 1.78. The van der Waals surface area contributed by atoms with E-state index in [1.54, 1.807) is 18.0 Å². The fourth-order valence-corrected chi connectivity index (χ4v) is 3.23. The molecule has 1 amide bonds. The van der Waals surface area contributed by atoms with Gasteiger partial charge in [0.15, 0.2) is 5.82 Å². The number of hydrogen-bond acceptors (Lipinski definition) is 4. The third kappa shape index (κ3) is 4.33. The standard InChI is InChI=1S/C24H21N5O/c1-29(23(30)13-7-10-18-8-3-2-4-9-18)20-16-14-19(15-17-20)21-11-5-6-12-22(21)24-25-27-28-26-24/h2-9,11-17H,10H2,1H3,(H,25,26,27,28). The molecule has 0 saturated carbocycles. The third-order valence-electron chi connectivity index (χ3n) is 4.88. The Morgan fingerprint density at radius 1 is 0.933 bits per heavy atom. The fourth-order valence-electron chi connectivity index (χ4n) is 3.23. The van der Waals surface area contributed by atoms with E-state index in [9.17, 15) is 4.79 Å². The summed E-state index contributed by atoms with van der Waals surface area (Å²) in [6, 6.07) is 25.8. The Labute approximate surface area is 174 Å². The lowest BCUT2D eigenvalue weighted by atomic mass is 9.99. The summed E-state index contributed by atoms with van der Waals surface area (Å²) in [6.45, 7) is 0. The molecule has 4 rings (SSSR count). The number of nitrogens with zero attached hydrogens (tertiary/aromatic N) is 4. The van der Waals surface area contributed by atoms with E-state index in [2.05, 4.69) is 20.6 Å². The van der Waals surface area contributed by atoms with Crippen LogP contribution < -0.4 is 4.90 Å². The van der Waals surface area contributed by atoms with Gasteiger partial charge in [-0.05, 0) is 51.7 Å². The van der Waals surface area contributed by atoms with Crippen molar-refractivity contribution in [2.75, 3.05) is 11.9 Å². The number of nitrogens with one attached hydrogen (secondary N) is 1. The van der Waals surface area contributed by atoms with Gasteiger partial charge in [-0.2, -0.15) is 0 Å². The van der Waals surface area contributed by atoms with Crippen molar-refractivity contribution < 1.29 is 4.79 Å². The largest absolute Gasteiger partial charge is 0.312 e. The first-order valence-electron chi connectivity index (χ1n) is 9.64. The molecule has 3 aromatic carbocycles. The summed E-state index contributed by atoms with van der Waals surface area (Å²) in [5, 5.41) is 14.1. The van der Waals surface area contributed by atoms with E-state index in [-0.39, 0.29) is 5.91 Å². The second kappa shape index (κ2) is 8.96. The summed E-state index contributed by atoms with van der Waals surface area (Å²) < 4.78 is 0. The topological polar surface area (TPSA) is 74.8 Å². The number of anilines is 1. The van der Waals surface area contributed by atoms with Crippen LogP contribution in [0.15, 0.2) is 91.0 Å². The first kappa shape index (κ1) is 19.3. The molecule has 1 aromatic heterocycles. The van der Waals surface area contributed by atoms with Gasteiger partial charge in [-0.3, -0.25) is 4.79 Å². The molecule has 0 saturated heterocycles. The summed E-state index contributed by atoms with van der Waals surface area (Å²) in [6.07, 6.45) is 4.24. The predicted molar refractivity (Wildman–Crippen MR) is 118 cm³/mol. The van der Waals surface area contributed by atoms with Crippen molar-refractivity contribution in [2.45, 2.75) is 6.42 Å². The molecule has 0 spiro atoms. The number of H-pyrrole nitrogens is 1. The number of hydrogen-bond donors (Lipinski definition) is 1. The van der Waals surface area contributed by atoms with Gasteiger partial charge in [-0.1, -0.05) is 72.8 Å².